The van der Waals surface area contributed by atoms with E-state index in [1.54, 1.807) is 13.8 Å². The average Bonchev–Trinajstić information content (AvgIpc) is 2.70. The van der Waals surface area contributed by atoms with Crippen LogP contribution in [-0.2, 0) is 28.6 Å². The molecule has 2 saturated carbocycles. The number of aliphatic hydroxyl groups is 2. The van der Waals surface area contributed by atoms with Gasteiger partial charge < -0.3 is 30.2 Å². The monoisotopic (exact) mass is 495 g/mol. The molecule has 198 valence electrons. The summed E-state index contributed by atoms with van der Waals surface area (Å²) in [6.45, 7) is 16.6. The van der Waals surface area contributed by atoms with E-state index in [1.807, 2.05) is 13.8 Å². The summed E-state index contributed by atoms with van der Waals surface area (Å²) in [7, 11) is 0. The fourth-order valence-corrected chi connectivity index (χ4v) is 7.04. The number of esters is 2. The van der Waals surface area contributed by atoms with E-state index in [-0.39, 0.29) is 6.42 Å². The summed E-state index contributed by atoms with van der Waals surface area (Å²) in [5.74, 6) is -2.65. The van der Waals surface area contributed by atoms with Crippen LogP contribution in [0.3, 0.4) is 0 Å². The van der Waals surface area contributed by atoms with Crippen LogP contribution in [0, 0.1) is 16.7 Å². The van der Waals surface area contributed by atoms with Crippen molar-refractivity contribution in [2.24, 2.45) is 22.5 Å². The van der Waals surface area contributed by atoms with Gasteiger partial charge in [-0.1, -0.05) is 26.8 Å². The van der Waals surface area contributed by atoms with Crippen molar-refractivity contribution in [2.45, 2.75) is 115 Å². The molecule has 0 amide bonds. The average molecular weight is 496 g/mol. The van der Waals surface area contributed by atoms with Crippen LogP contribution in [0.15, 0.2) is 12.7 Å². The lowest BCUT2D eigenvalue weighted by atomic mass is 9.39. The van der Waals surface area contributed by atoms with Gasteiger partial charge in [0.05, 0.1) is 11.0 Å². The fraction of sp³-hybridized carbons (Fsp3) is 0.808. The fourth-order valence-electron chi connectivity index (χ4n) is 7.04. The van der Waals surface area contributed by atoms with Crippen molar-refractivity contribution in [1.29, 1.82) is 0 Å². The molecular weight excluding hydrogens is 454 g/mol. The molecule has 0 bridgehead atoms. The van der Waals surface area contributed by atoms with E-state index in [2.05, 4.69) is 6.58 Å². The maximum atomic E-state index is 13.9. The second-order valence-electron chi connectivity index (χ2n) is 12.5. The van der Waals surface area contributed by atoms with Crippen molar-refractivity contribution in [3.63, 3.8) is 0 Å². The molecule has 3 rings (SSSR count). The summed E-state index contributed by atoms with van der Waals surface area (Å²) >= 11 is 0. The van der Waals surface area contributed by atoms with Crippen molar-refractivity contribution >= 4 is 17.7 Å². The molecule has 0 radical (unpaired) electrons. The van der Waals surface area contributed by atoms with Crippen molar-refractivity contribution in [2.75, 3.05) is 0 Å². The van der Waals surface area contributed by atoms with Gasteiger partial charge in [0.15, 0.2) is 11.4 Å². The number of ether oxygens (including phenoxy) is 3. The van der Waals surface area contributed by atoms with Crippen molar-refractivity contribution < 1.29 is 38.8 Å². The standard InChI is InChI=1S/C26H41NO8/c1-10-23(7)13-15(29)26(32)24(8)16(34-20(31)22(5,6)27)11-12-21(3,4)18(24)17(33-14(2)28)19(30)25(26,9)35-23/h10,16-19,30,32H,1,11-13,27H2,2-9H3/t16?,17-,18-,19-,23-,24-,25+,26-/m0/s1. The molecule has 4 N–H and O–H groups in total. The van der Waals surface area contributed by atoms with Crippen LogP contribution in [-0.4, -0.2) is 68.6 Å². The Morgan fingerprint density at radius 3 is 2.26 bits per heavy atom. The van der Waals surface area contributed by atoms with Gasteiger partial charge in [-0.3, -0.25) is 14.4 Å². The Hall–Kier alpha value is -1.81. The maximum absolute atomic E-state index is 13.9. The Kier molecular flexibility index (Phi) is 6.42. The minimum absolute atomic E-state index is 0.195. The zero-order valence-electron chi connectivity index (χ0n) is 22.1. The van der Waals surface area contributed by atoms with Crippen LogP contribution in [0.4, 0.5) is 0 Å². The number of hydrogen-bond donors (Lipinski definition) is 3. The van der Waals surface area contributed by atoms with Crippen LogP contribution < -0.4 is 5.73 Å². The first kappa shape index (κ1) is 27.8. The number of aliphatic hydroxyl groups excluding tert-OH is 1. The molecule has 1 aliphatic heterocycles. The highest BCUT2D eigenvalue weighted by Crippen LogP contribution is 2.67. The van der Waals surface area contributed by atoms with Crippen LogP contribution in [0.2, 0.25) is 0 Å². The molecule has 9 heteroatoms. The molecule has 0 spiro atoms. The third-order valence-electron chi connectivity index (χ3n) is 8.78. The number of carbonyl (C=O) groups excluding carboxylic acids is 3. The Bertz CT molecular complexity index is 940. The first-order chi connectivity index (χ1) is 15.7. The molecule has 8 atom stereocenters. The number of ketones is 1. The second-order valence-corrected chi connectivity index (χ2v) is 12.5. The molecule has 0 aromatic rings. The van der Waals surface area contributed by atoms with Gasteiger partial charge >= 0.3 is 11.9 Å². The first-order valence-corrected chi connectivity index (χ1v) is 12.2. The highest BCUT2D eigenvalue weighted by Gasteiger charge is 2.81. The predicted molar refractivity (Wildman–Crippen MR) is 127 cm³/mol. The Labute approximate surface area is 207 Å². The molecule has 3 fully saturated rings. The lowest BCUT2D eigenvalue weighted by Gasteiger charge is -2.71. The minimum atomic E-state index is -2.29. The zero-order valence-corrected chi connectivity index (χ0v) is 22.1. The number of carbonyl (C=O) groups is 3. The first-order valence-electron chi connectivity index (χ1n) is 12.2. The smallest absolute Gasteiger partial charge is 0.325 e. The van der Waals surface area contributed by atoms with Crippen molar-refractivity contribution in [1.82, 2.24) is 0 Å². The molecule has 1 saturated heterocycles. The predicted octanol–water partition coefficient (Wildman–Crippen LogP) is 1.81. The van der Waals surface area contributed by atoms with Crippen LogP contribution >= 0.6 is 0 Å². The van der Waals surface area contributed by atoms with Gasteiger partial charge in [0.2, 0.25) is 0 Å². The van der Waals surface area contributed by atoms with Gasteiger partial charge in [-0.15, -0.1) is 6.58 Å². The molecule has 9 nitrogen and oxygen atoms in total. The topological polar surface area (TPSA) is 145 Å². The largest absolute Gasteiger partial charge is 0.460 e. The molecule has 1 unspecified atom stereocenters. The minimum Gasteiger partial charge on any atom is -0.460 e. The second kappa shape index (κ2) is 8.10. The molecule has 0 aromatic heterocycles. The number of fused-ring (bicyclic) bond motifs is 3. The van der Waals surface area contributed by atoms with Crippen LogP contribution in [0.5, 0.6) is 0 Å². The normalized spacial score (nSPS) is 45.1. The number of hydrogen-bond acceptors (Lipinski definition) is 9. The van der Waals surface area contributed by atoms with E-state index in [0.29, 0.717) is 12.8 Å². The quantitative estimate of drug-likeness (QED) is 0.392. The molecule has 0 aromatic carbocycles. The molecule has 3 aliphatic rings. The summed E-state index contributed by atoms with van der Waals surface area (Å²) in [6.07, 6.45) is -1.56. The number of rotatable bonds is 4. The van der Waals surface area contributed by atoms with Crippen LogP contribution in [0.25, 0.3) is 0 Å². The molecule has 35 heavy (non-hydrogen) atoms. The van der Waals surface area contributed by atoms with E-state index in [4.69, 9.17) is 19.9 Å². The van der Waals surface area contributed by atoms with E-state index in [0.717, 1.165) is 0 Å². The summed E-state index contributed by atoms with van der Waals surface area (Å²) in [5, 5.41) is 24.2. The maximum Gasteiger partial charge on any atom is 0.325 e. The molecule has 1 heterocycles. The summed E-state index contributed by atoms with van der Waals surface area (Å²) in [5.41, 5.74) is -2.81. The summed E-state index contributed by atoms with van der Waals surface area (Å²) < 4.78 is 17.9. The number of nitrogens with two attached hydrogens (primary N) is 1. The third kappa shape index (κ3) is 3.77. The SMILES string of the molecule is C=C[C@@]1(C)CC(=O)[C@]2(O)[C@@]3(C)C(OC(=O)C(C)(C)N)CCC(C)(C)[C@@H]3[C@H](OC(C)=O)[C@H](O)[C@@]2(C)O1. The zero-order chi connectivity index (χ0) is 27.0. The Morgan fingerprint density at radius 2 is 1.77 bits per heavy atom. The van der Waals surface area contributed by atoms with E-state index >= 15 is 0 Å². The molecular formula is C26H41NO8. The highest BCUT2D eigenvalue weighted by molar-refractivity contribution is 5.92. The van der Waals surface area contributed by atoms with Gasteiger partial charge in [0.25, 0.3) is 0 Å². The van der Waals surface area contributed by atoms with Gasteiger partial charge in [-0.2, -0.15) is 0 Å². The van der Waals surface area contributed by atoms with E-state index < -0.39 is 75.1 Å². The van der Waals surface area contributed by atoms with E-state index in [9.17, 15) is 24.6 Å². The third-order valence-corrected chi connectivity index (χ3v) is 8.78. The lowest BCUT2D eigenvalue weighted by molar-refractivity contribution is -0.370. The van der Waals surface area contributed by atoms with Gasteiger partial charge in [-0.05, 0) is 46.0 Å². The Balaban J connectivity index is 2.33. The van der Waals surface area contributed by atoms with Gasteiger partial charge in [0.1, 0.15) is 29.5 Å². The highest BCUT2D eigenvalue weighted by atomic mass is 16.6. The van der Waals surface area contributed by atoms with Crippen LogP contribution in [0.1, 0.15) is 74.7 Å². The van der Waals surface area contributed by atoms with Crippen molar-refractivity contribution in [3.8, 4) is 0 Å². The Morgan fingerprint density at radius 1 is 1.20 bits per heavy atom. The van der Waals surface area contributed by atoms with Gasteiger partial charge in [-0.25, -0.2) is 0 Å². The molecule has 2 aliphatic carbocycles. The number of Topliss-reactive ketones (excluding diaryl/α,β-unsaturated/α-hetero) is 1. The lowest BCUT2D eigenvalue weighted by Crippen LogP contribution is -2.86. The van der Waals surface area contributed by atoms with E-state index in [1.165, 1.54) is 33.8 Å². The van der Waals surface area contributed by atoms with Gasteiger partial charge in [0, 0.05) is 19.3 Å². The van der Waals surface area contributed by atoms with Crippen molar-refractivity contribution in [3.05, 3.63) is 12.7 Å². The summed E-state index contributed by atoms with van der Waals surface area (Å²) in [4.78, 5) is 39.1. The summed E-state index contributed by atoms with van der Waals surface area (Å²) in [6, 6.07) is 0.